The van der Waals surface area contributed by atoms with Crippen molar-refractivity contribution in [3.05, 3.63) is 0 Å². The van der Waals surface area contributed by atoms with Gasteiger partial charge in [0.25, 0.3) is 0 Å². The molecule has 0 saturated heterocycles. The van der Waals surface area contributed by atoms with E-state index in [1.54, 1.807) is 0 Å². The zero-order valence-electron chi connectivity index (χ0n) is 8.78. The van der Waals surface area contributed by atoms with E-state index in [2.05, 4.69) is 34.7 Å². The van der Waals surface area contributed by atoms with Crippen LogP contribution in [-0.2, 0) is 44.3 Å². The van der Waals surface area contributed by atoms with E-state index in [4.69, 9.17) is 0 Å². The van der Waals surface area contributed by atoms with Gasteiger partial charge in [0.05, 0.1) is 14.2 Å². The van der Waals surface area contributed by atoms with Crippen LogP contribution in [0.25, 0.3) is 0 Å². The van der Waals surface area contributed by atoms with Gasteiger partial charge in [-0.1, -0.05) is 14.9 Å². The molecule has 0 saturated carbocycles. The molecular weight excluding hydrogens is 367 g/mol. The third-order valence-corrected chi connectivity index (χ3v) is 1.48. The van der Waals surface area contributed by atoms with Crippen molar-refractivity contribution in [2.75, 3.05) is 25.7 Å². The van der Waals surface area contributed by atoms with Gasteiger partial charge in [-0.2, -0.15) is 11.5 Å². The molecule has 0 bridgehead atoms. The first-order valence-electron chi connectivity index (χ1n) is 3.92. The maximum atomic E-state index is 10.1. The number of hydrogen-bond donors (Lipinski definition) is 0. The Morgan fingerprint density at radius 3 is 1.18 bits per heavy atom. The minimum absolute atomic E-state index is 0. The molecule has 0 aromatic heterocycles. The summed E-state index contributed by atoms with van der Waals surface area (Å²) < 4.78 is 8.57. The molecule has 0 aliphatic rings. The van der Waals surface area contributed by atoms with E-state index in [1.807, 2.05) is 0 Å². The van der Waals surface area contributed by atoms with E-state index in [1.165, 1.54) is 14.2 Å². The van der Waals surface area contributed by atoms with Crippen LogP contribution < -0.4 is 0 Å². The van der Waals surface area contributed by atoms with Crippen LogP contribution in [0.2, 0.25) is 0 Å². The molecule has 0 heterocycles. The standard InChI is InChI=1S/2C4H8O2S.2CH4.Sn/c2*1-6-4(5)2-3-7;;;/h2*7H,2-3H2,1H3;2*1H4;/q;;;;+2/p-2. The Kier molecular flexibility index (Phi) is 45.4. The molecule has 0 spiro atoms. The second kappa shape index (κ2) is 25.3. The Morgan fingerprint density at radius 2 is 1.12 bits per heavy atom. The summed E-state index contributed by atoms with van der Waals surface area (Å²) in [7, 11) is 2.71. The topological polar surface area (TPSA) is 52.6 Å². The molecule has 0 aliphatic heterocycles. The third kappa shape index (κ3) is 31.5. The van der Waals surface area contributed by atoms with Gasteiger partial charge in [-0.3, -0.25) is 9.59 Å². The summed E-state index contributed by atoms with van der Waals surface area (Å²) in [5.74, 6) is 0.448. The minimum Gasteiger partial charge on any atom is -0.792 e. The quantitative estimate of drug-likeness (QED) is 0.408. The second-order valence-corrected chi connectivity index (χ2v) is 2.88. The maximum Gasteiger partial charge on any atom is 2.00 e. The fourth-order valence-electron chi connectivity index (χ4n) is 0.371. The average Bonchev–Trinajstić information content (AvgIpc) is 2.19. The molecule has 0 N–H and O–H groups in total. The van der Waals surface area contributed by atoms with Crippen molar-refractivity contribution in [1.82, 2.24) is 0 Å². The molecule has 102 valence electrons. The predicted octanol–water partition coefficient (Wildman–Crippen LogP) is 1.08. The van der Waals surface area contributed by atoms with Crippen LogP contribution in [0.5, 0.6) is 0 Å². The number of carbonyl (C=O) groups is 2. The van der Waals surface area contributed by atoms with Gasteiger partial charge in [0.2, 0.25) is 0 Å². The zero-order chi connectivity index (χ0) is 11.4. The average molecular weight is 389 g/mol. The van der Waals surface area contributed by atoms with Gasteiger partial charge >= 0.3 is 35.8 Å². The van der Waals surface area contributed by atoms with Gasteiger partial charge in [-0.25, -0.2) is 0 Å². The van der Waals surface area contributed by atoms with E-state index in [-0.39, 0.29) is 50.7 Å². The van der Waals surface area contributed by atoms with E-state index in [9.17, 15) is 9.59 Å². The monoisotopic (exact) mass is 390 g/mol. The molecule has 0 aromatic carbocycles. The SMILES string of the molecule is C.C.COC(=O)CC[S-].COC(=O)CC[S-].[Sn+2]. The molecule has 17 heavy (non-hydrogen) atoms. The molecule has 7 heteroatoms. The molecule has 0 atom stereocenters. The van der Waals surface area contributed by atoms with Crippen molar-refractivity contribution in [2.45, 2.75) is 27.7 Å². The smallest absolute Gasteiger partial charge is 0.792 e. The Balaban J connectivity index is -0.0000000480. The Bertz CT molecular complexity index is 150. The van der Waals surface area contributed by atoms with Gasteiger partial charge in [0, 0.05) is 12.8 Å². The zero-order valence-corrected chi connectivity index (χ0v) is 13.3. The number of carbonyl (C=O) groups excluding carboxylic acids is 2. The summed E-state index contributed by atoms with van der Waals surface area (Å²) in [6.07, 6.45) is 0.706. The van der Waals surface area contributed by atoms with Crippen LogP contribution >= 0.6 is 0 Å². The van der Waals surface area contributed by atoms with Crippen LogP contribution in [0.1, 0.15) is 27.7 Å². The summed E-state index contributed by atoms with van der Waals surface area (Å²) in [4.78, 5) is 20.2. The fraction of sp³-hybridized carbons (Fsp3) is 0.800. The Hall–Kier alpha value is 0.439. The molecule has 0 amide bonds. The van der Waals surface area contributed by atoms with Crippen molar-refractivity contribution in [2.24, 2.45) is 0 Å². The summed E-state index contributed by atoms with van der Waals surface area (Å²) in [5.41, 5.74) is 0. The second-order valence-electron chi connectivity index (χ2n) is 2.06. The number of rotatable bonds is 4. The first-order valence-corrected chi connectivity index (χ1v) is 5.07. The first-order chi connectivity index (χ1) is 6.62. The van der Waals surface area contributed by atoms with Gasteiger partial charge in [-0.05, 0) is 0 Å². The Morgan fingerprint density at radius 1 is 0.882 bits per heavy atom. The van der Waals surface area contributed by atoms with Crippen molar-refractivity contribution < 1.29 is 19.1 Å². The summed E-state index contributed by atoms with van der Waals surface area (Å²) in [5, 5.41) is 0. The van der Waals surface area contributed by atoms with Gasteiger partial charge in [0.1, 0.15) is 0 Å². The number of hydrogen-bond acceptors (Lipinski definition) is 6. The van der Waals surface area contributed by atoms with E-state index in [0.29, 0.717) is 24.3 Å². The van der Waals surface area contributed by atoms with Crippen LogP contribution in [-0.4, -0.2) is 61.6 Å². The number of methoxy groups -OCH3 is 2. The van der Waals surface area contributed by atoms with Crippen molar-refractivity contribution in [3.8, 4) is 0 Å². The summed E-state index contributed by atoms with van der Waals surface area (Å²) >= 11 is 8.99. The molecular formula is C10H22O4S2Sn. The minimum atomic E-state index is -0.227. The predicted molar refractivity (Wildman–Crippen MR) is 76.9 cm³/mol. The maximum absolute atomic E-state index is 10.1. The van der Waals surface area contributed by atoms with Gasteiger partial charge in [-0.15, -0.1) is 0 Å². The summed E-state index contributed by atoms with van der Waals surface area (Å²) in [6, 6.07) is 0. The Labute approximate surface area is 133 Å². The molecule has 0 fully saturated rings. The van der Waals surface area contributed by atoms with Crippen LogP contribution in [0, 0.1) is 0 Å². The fourth-order valence-corrected chi connectivity index (χ4v) is 0.704. The van der Waals surface area contributed by atoms with Crippen molar-refractivity contribution in [1.29, 1.82) is 0 Å². The van der Waals surface area contributed by atoms with Gasteiger partial charge < -0.3 is 34.7 Å². The van der Waals surface area contributed by atoms with E-state index < -0.39 is 0 Å². The number of ether oxygens (including phenoxy) is 2. The van der Waals surface area contributed by atoms with E-state index >= 15 is 0 Å². The largest absolute Gasteiger partial charge is 2.00 e. The third-order valence-electron chi connectivity index (χ3n) is 1.07. The van der Waals surface area contributed by atoms with Crippen LogP contribution in [0.3, 0.4) is 0 Å². The van der Waals surface area contributed by atoms with Crippen LogP contribution in [0.4, 0.5) is 0 Å². The summed E-state index contributed by atoms with van der Waals surface area (Å²) in [6.45, 7) is 0. The van der Waals surface area contributed by atoms with E-state index in [0.717, 1.165) is 0 Å². The van der Waals surface area contributed by atoms with Gasteiger partial charge in [0.15, 0.2) is 0 Å². The molecule has 4 nitrogen and oxygen atoms in total. The molecule has 2 radical (unpaired) electrons. The molecule has 0 aliphatic carbocycles. The number of esters is 2. The van der Waals surface area contributed by atoms with Crippen molar-refractivity contribution >= 4 is 61.1 Å². The molecule has 0 aromatic rings. The molecule has 0 rings (SSSR count). The van der Waals surface area contributed by atoms with Crippen LogP contribution in [0.15, 0.2) is 0 Å². The van der Waals surface area contributed by atoms with Crippen molar-refractivity contribution in [3.63, 3.8) is 0 Å². The molecule has 0 unspecified atom stereocenters. The normalized spacial score (nSPS) is 6.82. The first kappa shape index (κ1) is 30.5.